The van der Waals surface area contributed by atoms with Gasteiger partial charge in [-0.1, -0.05) is 29.8 Å². The van der Waals surface area contributed by atoms with Crippen LogP contribution in [0.3, 0.4) is 0 Å². The Morgan fingerprint density at radius 2 is 1.95 bits per heavy atom. The molecule has 0 aliphatic carbocycles. The minimum atomic E-state index is -2.99. The highest BCUT2D eigenvalue weighted by Crippen LogP contribution is 2.29. The lowest BCUT2D eigenvalue weighted by molar-refractivity contribution is -0.115. The van der Waals surface area contributed by atoms with Crippen molar-refractivity contribution in [3.05, 3.63) is 58.9 Å². The highest BCUT2D eigenvalue weighted by atomic mass is 35.5. The van der Waals surface area contributed by atoms with Crippen molar-refractivity contribution in [3.63, 3.8) is 0 Å². The second-order valence-corrected chi connectivity index (χ2v) is 4.75. The maximum atomic E-state index is 13.4. The van der Waals surface area contributed by atoms with Crippen molar-refractivity contribution in [1.82, 2.24) is 0 Å². The Labute approximate surface area is 129 Å². The van der Waals surface area contributed by atoms with E-state index in [1.807, 2.05) is 0 Å². The first-order valence-electron chi connectivity index (χ1n) is 6.23. The number of amides is 1. The van der Waals surface area contributed by atoms with Crippen molar-refractivity contribution in [3.8, 4) is 5.75 Å². The molecule has 2 aromatic rings. The van der Waals surface area contributed by atoms with Gasteiger partial charge >= 0.3 is 6.61 Å². The molecule has 116 valence electrons. The van der Waals surface area contributed by atoms with Gasteiger partial charge in [0, 0.05) is 5.69 Å². The van der Waals surface area contributed by atoms with Crippen LogP contribution >= 0.6 is 11.6 Å². The number of carbonyl (C=O) groups is 1. The molecule has 22 heavy (non-hydrogen) atoms. The van der Waals surface area contributed by atoms with Crippen LogP contribution in [0, 0.1) is 5.82 Å². The van der Waals surface area contributed by atoms with Crippen LogP contribution in [0.25, 0.3) is 0 Å². The van der Waals surface area contributed by atoms with Crippen LogP contribution in [-0.4, -0.2) is 12.5 Å². The van der Waals surface area contributed by atoms with Gasteiger partial charge in [0.25, 0.3) is 0 Å². The standard InChI is InChI=1S/C15H11ClF3NO2/c16-11-8-10(5-6-13(11)22-15(18)19)20-14(21)7-9-3-1-2-4-12(9)17/h1-6,8,15H,7H2,(H,20,21). The minimum Gasteiger partial charge on any atom is -0.433 e. The summed E-state index contributed by atoms with van der Waals surface area (Å²) in [4.78, 5) is 11.8. The van der Waals surface area contributed by atoms with Gasteiger partial charge in [0.05, 0.1) is 11.4 Å². The molecule has 0 heterocycles. The van der Waals surface area contributed by atoms with Crippen LogP contribution in [0.15, 0.2) is 42.5 Å². The van der Waals surface area contributed by atoms with Crippen LogP contribution in [0.4, 0.5) is 18.9 Å². The summed E-state index contributed by atoms with van der Waals surface area (Å²) in [6.07, 6.45) is -0.153. The van der Waals surface area contributed by atoms with Gasteiger partial charge in [-0.25, -0.2) is 4.39 Å². The molecule has 3 nitrogen and oxygen atoms in total. The minimum absolute atomic E-state index is 0.0657. The molecule has 1 N–H and O–H groups in total. The number of benzene rings is 2. The first kappa shape index (κ1) is 16.2. The maximum absolute atomic E-state index is 13.4. The molecule has 0 spiro atoms. The first-order valence-corrected chi connectivity index (χ1v) is 6.61. The van der Waals surface area contributed by atoms with Crippen molar-refractivity contribution < 1.29 is 22.7 Å². The number of carbonyl (C=O) groups excluding carboxylic acids is 1. The van der Waals surface area contributed by atoms with Crippen molar-refractivity contribution in [2.24, 2.45) is 0 Å². The molecule has 0 saturated carbocycles. The van der Waals surface area contributed by atoms with E-state index in [-0.39, 0.29) is 22.8 Å². The summed E-state index contributed by atoms with van der Waals surface area (Å²) in [5.74, 6) is -1.12. The monoisotopic (exact) mass is 329 g/mol. The Bertz CT molecular complexity index is 680. The zero-order valence-electron chi connectivity index (χ0n) is 11.2. The van der Waals surface area contributed by atoms with E-state index < -0.39 is 18.3 Å². The van der Waals surface area contributed by atoms with Crippen LogP contribution in [0.5, 0.6) is 5.75 Å². The summed E-state index contributed by atoms with van der Waals surface area (Å²) in [6.45, 7) is -2.99. The molecule has 0 aliphatic heterocycles. The van der Waals surface area contributed by atoms with E-state index in [0.29, 0.717) is 5.69 Å². The molecule has 0 radical (unpaired) electrons. The fourth-order valence-electron chi connectivity index (χ4n) is 1.79. The topological polar surface area (TPSA) is 38.3 Å². The molecule has 0 bridgehead atoms. The predicted molar refractivity (Wildman–Crippen MR) is 76.8 cm³/mol. The molecule has 0 saturated heterocycles. The number of ether oxygens (including phenoxy) is 1. The average Bonchev–Trinajstić information content (AvgIpc) is 2.44. The number of halogens is 4. The highest BCUT2D eigenvalue weighted by Gasteiger charge is 2.11. The van der Waals surface area contributed by atoms with E-state index in [4.69, 9.17) is 11.6 Å². The molecule has 0 fully saturated rings. The summed E-state index contributed by atoms with van der Waals surface area (Å²) < 4.78 is 41.8. The predicted octanol–water partition coefficient (Wildman–Crippen LogP) is 4.26. The van der Waals surface area contributed by atoms with Crippen LogP contribution in [0.1, 0.15) is 5.56 Å². The summed E-state index contributed by atoms with van der Waals surface area (Å²) in [5, 5.41) is 2.44. The Balaban J connectivity index is 2.03. The maximum Gasteiger partial charge on any atom is 0.387 e. The van der Waals surface area contributed by atoms with Crippen molar-refractivity contribution in [2.45, 2.75) is 13.0 Å². The Morgan fingerprint density at radius 3 is 2.59 bits per heavy atom. The third kappa shape index (κ3) is 4.39. The van der Waals surface area contributed by atoms with E-state index in [1.54, 1.807) is 6.07 Å². The molecular weight excluding hydrogens is 319 g/mol. The zero-order valence-corrected chi connectivity index (χ0v) is 11.9. The Kier molecular flexibility index (Phi) is 5.27. The van der Waals surface area contributed by atoms with E-state index in [2.05, 4.69) is 10.1 Å². The number of hydrogen-bond donors (Lipinski definition) is 1. The van der Waals surface area contributed by atoms with Crippen molar-refractivity contribution in [1.29, 1.82) is 0 Å². The second-order valence-electron chi connectivity index (χ2n) is 4.34. The summed E-state index contributed by atoms with van der Waals surface area (Å²) in [6, 6.07) is 9.77. The molecule has 0 atom stereocenters. The summed E-state index contributed by atoms with van der Waals surface area (Å²) in [7, 11) is 0. The molecule has 1 amide bonds. The van der Waals surface area contributed by atoms with Crippen LogP contribution in [0.2, 0.25) is 5.02 Å². The first-order chi connectivity index (χ1) is 10.5. The van der Waals surface area contributed by atoms with Gasteiger partial charge in [0.15, 0.2) is 0 Å². The lowest BCUT2D eigenvalue weighted by Gasteiger charge is -2.10. The number of alkyl halides is 2. The largest absolute Gasteiger partial charge is 0.433 e. The van der Waals surface area contributed by atoms with Crippen molar-refractivity contribution in [2.75, 3.05) is 5.32 Å². The smallest absolute Gasteiger partial charge is 0.387 e. The molecule has 0 aromatic heterocycles. The van der Waals surface area contributed by atoms with E-state index in [9.17, 15) is 18.0 Å². The summed E-state index contributed by atoms with van der Waals surface area (Å²) in [5.41, 5.74) is 0.553. The van der Waals surface area contributed by atoms with Crippen molar-refractivity contribution >= 4 is 23.2 Å². The normalized spacial score (nSPS) is 10.6. The third-order valence-electron chi connectivity index (χ3n) is 2.74. The van der Waals surface area contributed by atoms with Crippen LogP contribution < -0.4 is 10.1 Å². The highest BCUT2D eigenvalue weighted by molar-refractivity contribution is 6.32. The molecule has 2 rings (SSSR count). The molecule has 0 unspecified atom stereocenters. The number of rotatable bonds is 5. The van der Waals surface area contributed by atoms with E-state index >= 15 is 0 Å². The molecular formula is C15H11ClF3NO2. The lowest BCUT2D eigenvalue weighted by Crippen LogP contribution is -2.15. The lowest BCUT2D eigenvalue weighted by atomic mass is 10.1. The summed E-state index contributed by atoms with van der Waals surface area (Å²) >= 11 is 5.77. The average molecular weight is 330 g/mol. The Morgan fingerprint density at radius 1 is 1.23 bits per heavy atom. The second kappa shape index (κ2) is 7.17. The van der Waals surface area contributed by atoms with Gasteiger partial charge in [-0.2, -0.15) is 8.78 Å². The molecule has 2 aromatic carbocycles. The number of hydrogen-bond acceptors (Lipinski definition) is 2. The van der Waals surface area contributed by atoms with Gasteiger partial charge in [-0.15, -0.1) is 0 Å². The van der Waals surface area contributed by atoms with Crippen LogP contribution in [-0.2, 0) is 11.2 Å². The van der Waals surface area contributed by atoms with Gasteiger partial charge in [0.1, 0.15) is 11.6 Å². The fourth-order valence-corrected chi connectivity index (χ4v) is 2.02. The third-order valence-corrected chi connectivity index (χ3v) is 3.04. The van der Waals surface area contributed by atoms with Gasteiger partial charge in [0.2, 0.25) is 5.91 Å². The van der Waals surface area contributed by atoms with Gasteiger partial charge in [-0.05, 0) is 29.8 Å². The zero-order chi connectivity index (χ0) is 16.1. The quantitative estimate of drug-likeness (QED) is 0.890. The van der Waals surface area contributed by atoms with E-state index in [1.165, 1.54) is 36.4 Å². The Hall–Kier alpha value is -2.21. The van der Waals surface area contributed by atoms with E-state index in [0.717, 1.165) is 0 Å². The molecule has 7 heteroatoms. The number of nitrogens with one attached hydrogen (secondary N) is 1. The number of anilines is 1. The van der Waals surface area contributed by atoms with Gasteiger partial charge in [-0.3, -0.25) is 4.79 Å². The molecule has 0 aliphatic rings. The fraction of sp³-hybridized carbons (Fsp3) is 0.133. The van der Waals surface area contributed by atoms with Gasteiger partial charge < -0.3 is 10.1 Å². The SMILES string of the molecule is O=C(Cc1ccccc1F)Nc1ccc(OC(F)F)c(Cl)c1.